The molecule has 1 saturated heterocycles. The molecule has 1 aromatic carbocycles. The molecule has 1 heterocycles. The molecule has 0 aromatic heterocycles. The maximum Gasteiger partial charge on any atom is 0.410 e. The highest BCUT2D eigenvalue weighted by Crippen LogP contribution is 2.28. The lowest BCUT2D eigenvalue weighted by Gasteiger charge is -2.27. The van der Waals surface area contributed by atoms with Crippen LogP contribution in [0.1, 0.15) is 52.9 Å². The Labute approximate surface area is 178 Å². The van der Waals surface area contributed by atoms with Crippen molar-refractivity contribution in [2.24, 2.45) is 0 Å². The molecular formula is C21H31N3O5S. The predicted octanol–water partition coefficient (Wildman–Crippen LogP) is 2.88. The summed E-state index contributed by atoms with van der Waals surface area (Å²) in [4.78, 5) is 27.7. The largest absolute Gasteiger partial charge is 0.444 e. The smallest absolute Gasteiger partial charge is 0.410 e. The molecule has 2 amide bonds. The van der Waals surface area contributed by atoms with Crippen LogP contribution >= 0.6 is 0 Å². The maximum atomic E-state index is 12.5. The molecule has 9 heteroatoms. The molecule has 166 valence electrons. The highest BCUT2D eigenvalue weighted by molar-refractivity contribution is 7.89. The number of carbonyl (C=O) groups is 2. The fraction of sp³-hybridized carbons (Fsp3) is 0.619. The number of ether oxygens (including phenoxy) is 1. The Morgan fingerprint density at radius 3 is 2.43 bits per heavy atom. The van der Waals surface area contributed by atoms with Gasteiger partial charge in [0, 0.05) is 37.8 Å². The molecule has 0 bridgehead atoms. The van der Waals surface area contributed by atoms with Crippen LogP contribution < -0.4 is 9.62 Å². The molecule has 2 aliphatic rings. The van der Waals surface area contributed by atoms with Crippen LogP contribution in [-0.4, -0.2) is 56.6 Å². The normalized spacial score (nSPS) is 17.3. The summed E-state index contributed by atoms with van der Waals surface area (Å²) in [5.74, 6) is 0.0638. The van der Waals surface area contributed by atoms with Gasteiger partial charge in [0.15, 0.2) is 0 Å². The number of sulfonamides is 1. The van der Waals surface area contributed by atoms with Gasteiger partial charge >= 0.3 is 6.09 Å². The molecule has 2 fully saturated rings. The Morgan fingerprint density at radius 1 is 1.23 bits per heavy atom. The number of carbonyl (C=O) groups excluding carboxylic acids is 2. The van der Waals surface area contributed by atoms with Crippen molar-refractivity contribution in [1.29, 1.82) is 0 Å². The van der Waals surface area contributed by atoms with Crippen LogP contribution in [0.5, 0.6) is 0 Å². The lowest BCUT2D eigenvalue weighted by molar-refractivity contribution is -0.117. The third-order valence-electron chi connectivity index (χ3n) is 5.02. The van der Waals surface area contributed by atoms with E-state index in [4.69, 9.17) is 4.74 Å². The number of hydrogen-bond donors (Lipinski definition) is 1. The summed E-state index contributed by atoms with van der Waals surface area (Å²) in [6, 6.07) is 6.54. The zero-order valence-corrected chi connectivity index (χ0v) is 18.7. The van der Waals surface area contributed by atoms with E-state index in [0.717, 1.165) is 19.3 Å². The Balaban J connectivity index is 1.51. The summed E-state index contributed by atoms with van der Waals surface area (Å²) < 4.78 is 33.1. The molecular weight excluding hydrogens is 406 g/mol. The van der Waals surface area contributed by atoms with E-state index in [-0.39, 0.29) is 29.5 Å². The maximum absolute atomic E-state index is 12.5. The number of hydrogen-bond acceptors (Lipinski definition) is 5. The fourth-order valence-corrected chi connectivity index (χ4v) is 4.47. The lowest BCUT2D eigenvalue weighted by Crippen LogP contribution is -2.39. The highest BCUT2D eigenvalue weighted by Gasteiger charge is 2.34. The van der Waals surface area contributed by atoms with Crippen molar-refractivity contribution in [3.8, 4) is 0 Å². The zero-order valence-electron chi connectivity index (χ0n) is 17.9. The van der Waals surface area contributed by atoms with E-state index in [1.165, 1.54) is 12.1 Å². The molecule has 0 unspecified atom stereocenters. The first-order valence-electron chi connectivity index (χ1n) is 10.5. The zero-order chi connectivity index (χ0) is 21.9. The van der Waals surface area contributed by atoms with Crippen LogP contribution in [0.15, 0.2) is 29.2 Å². The van der Waals surface area contributed by atoms with Gasteiger partial charge < -0.3 is 14.5 Å². The summed E-state index contributed by atoms with van der Waals surface area (Å²) in [6.07, 6.45) is 3.41. The fourth-order valence-electron chi connectivity index (χ4n) is 3.40. The van der Waals surface area contributed by atoms with E-state index in [9.17, 15) is 18.0 Å². The molecule has 0 spiro atoms. The second-order valence-electron chi connectivity index (χ2n) is 8.80. The van der Waals surface area contributed by atoms with Crippen LogP contribution in [0.2, 0.25) is 0 Å². The Hall–Kier alpha value is -2.13. The van der Waals surface area contributed by atoms with Crippen molar-refractivity contribution in [1.82, 2.24) is 9.62 Å². The van der Waals surface area contributed by atoms with E-state index in [1.807, 2.05) is 20.8 Å². The minimum Gasteiger partial charge on any atom is -0.444 e. The van der Waals surface area contributed by atoms with E-state index in [2.05, 4.69) is 4.72 Å². The first-order chi connectivity index (χ1) is 14.1. The van der Waals surface area contributed by atoms with E-state index in [0.29, 0.717) is 31.6 Å². The standard InChI is InChI=1S/C21H31N3O5S/c1-21(2,3)29-20(26)24(17-7-8-17)15-5-13-22-30(27,28)18-11-9-16(10-12-18)23-14-4-6-19(23)25/h9-12,17,22H,4-8,13-15H2,1-3H3. The molecule has 1 aliphatic carbocycles. The van der Waals surface area contributed by atoms with Gasteiger partial charge in [0.05, 0.1) is 4.90 Å². The second-order valence-corrected chi connectivity index (χ2v) is 10.6. The van der Waals surface area contributed by atoms with Gasteiger partial charge in [-0.25, -0.2) is 17.9 Å². The number of rotatable bonds is 8. The Bertz CT molecular complexity index is 873. The summed E-state index contributed by atoms with van der Waals surface area (Å²) in [5, 5.41) is 0. The average molecular weight is 438 g/mol. The van der Waals surface area contributed by atoms with Crippen molar-refractivity contribution in [2.45, 2.75) is 69.4 Å². The van der Waals surface area contributed by atoms with Gasteiger partial charge in [-0.05, 0) is 70.7 Å². The molecule has 1 N–H and O–H groups in total. The number of nitrogens with one attached hydrogen (secondary N) is 1. The van der Waals surface area contributed by atoms with Crippen molar-refractivity contribution < 1.29 is 22.7 Å². The van der Waals surface area contributed by atoms with Crippen LogP contribution in [-0.2, 0) is 19.6 Å². The van der Waals surface area contributed by atoms with E-state index < -0.39 is 15.6 Å². The molecule has 30 heavy (non-hydrogen) atoms. The van der Waals surface area contributed by atoms with E-state index >= 15 is 0 Å². The van der Waals surface area contributed by atoms with Crippen LogP contribution in [0.25, 0.3) is 0 Å². The summed E-state index contributed by atoms with van der Waals surface area (Å²) in [6.45, 7) is 6.82. The quantitative estimate of drug-likeness (QED) is 0.631. The second kappa shape index (κ2) is 8.93. The summed E-state index contributed by atoms with van der Waals surface area (Å²) >= 11 is 0. The van der Waals surface area contributed by atoms with Crippen molar-refractivity contribution in [2.75, 3.05) is 24.5 Å². The van der Waals surface area contributed by atoms with Crippen molar-refractivity contribution >= 4 is 27.7 Å². The van der Waals surface area contributed by atoms with Gasteiger partial charge in [0.2, 0.25) is 15.9 Å². The molecule has 1 saturated carbocycles. The minimum atomic E-state index is -3.65. The molecule has 1 aromatic rings. The average Bonchev–Trinajstić information content (AvgIpc) is 3.40. The van der Waals surface area contributed by atoms with Gasteiger partial charge in [-0.2, -0.15) is 0 Å². The first kappa shape index (κ1) is 22.6. The van der Waals surface area contributed by atoms with Gasteiger partial charge in [0.25, 0.3) is 0 Å². The van der Waals surface area contributed by atoms with Crippen molar-refractivity contribution in [3.63, 3.8) is 0 Å². The summed E-state index contributed by atoms with van der Waals surface area (Å²) in [7, 11) is -3.65. The third kappa shape index (κ3) is 5.95. The van der Waals surface area contributed by atoms with Gasteiger partial charge in [0.1, 0.15) is 5.60 Å². The molecule has 1 aliphatic heterocycles. The Kier molecular flexibility index (Phi) is 6.71. The number of nitrogens with zero attached hydrogens (tertiary/aromatic N) is 2. The van der Waals surface area contributed by atoms with Crippen LogP contribution in [0.4, 0.5) is 10.5 Å². The molecule has 3 rings (SSSR count). The Morgan fingerprint density at radius 2 is 1.90 bits per heavy atom. The molecule has 0 atom stereocenters. The molecule has 8 nitrogen and oxygen atoms in total. The van der Waals surface area contributed by atoms with Crippen molar-refractivity contribution in [3.05, 3.63) is 24.3 Å². The van der Waals surface area contributed by atoms with E-state index in [1.54, 1.807) is 21.9 Å². The van der Waals surface area contributed by atoms with Gasteiger partial charge in [-0.15, -0.1) is 0 Å². The van der Waals surface area contributed by atoms with Gasteiger partial charge in [-0.1, -0.05) is 0 Å². The predicted molar refractivity (Wildman–Crippen MR) is 114 cm³/mol. The monoisotopic (exact) mass is 437 g/mol. The van der Waals surface area contributed by atoms with Gasteiger partial charge in [-0.3, -0.25) is 4.79 Å². The third-order valence-corrected chi connectivity index (χ3v) is 6.49. The number of benzene rings is 1. The number of anilines is 1. The minimum absolute atomic E-state index is 0.0638. The summed E-state index contributed by atoms with van der Waals surface area (Å²) in [5.41, 5.74) is 0.159. The number of amides is 2. The highest BCUT2D eigenvalue weighted by atomic mass is 32.2. The first-order valence-corrected chi connectivity index (χ1v) is 11.9. The molecule has 0 radical (unpaired) electrons. The SMILES string of the molecule is CC(C)(C)OC(=O)N(CCCNS(=O)(=O)c1ccc(N2CCCC2=O)cc1)C1CC1. The van der Waals surface area contributed by atoms with Crippen LogP contribution in [0.3, 0.4) is 0 Å². The topological polar surface area (TPSA) is 96.0 Å². The van der Waals surface area contributed by atoms with Crippen LogP contribution in [0, 0.1) is 0 Å². The lowest BCUT2D eigenvalue weighted by atomic mass is 10.2.